The van der Waals surface area contributed by atoms with Gasteiger partial charge >= 0.3 is 0 Å². The highest BCUT2D eigenvalue weighted by atomic mass is 32.2. The van der Waals surface area contributed by atoms with Crippen LogP contribution in [-0.4, -0.2) is 34.6 Å². The molecule has 1 atom stereocenters. The number of carbonyl (C=O) groups is 1. The van der Waals surface area contributed by atoms with Gasteiger partial charge in [-0.15, -0.1) is 11.8 Å². The third-order valence-electron chi connectivity index (χ3n) is 3.72. The second kappa shape index (κ2) is 6.26. The third-order valence-corrected chi connectivity index (χ3v) is 4.72. The zero-order chi connectivity index (χ0) is 14.7. The van der Waals surface area contributed by atoms with Crippen LogP contribution in [0.5, 0.6) is 0 Å². The van der Waals surface area contributed by atoms with Crippen molar-refractivity contribution in [3.05, 3.63) is 34.4 Å². The molecule has 1 amide bonds. The van der Waals surface area contributed by atoms with Crippen LogP contribution in [0.2, 0.25) is 0 Å². The van der Waals surface area contributed by atoms with E-state index >= 15 is 0 Å². The Hall–Kier alpha value is -1.56. The SMILES string of the molecule is CC(C1CC1)N(C)C(=O)CSc1ccc([N+](=O)[O-])cc1. The predicted octanol–water partition coefficient (Wildman–Crippen LogP) is 2.94. The van der Waals surface area contributed by atoms with Crippen LogP contribution in [0.15, 0.2) is 29.2 Å². The summed E-state index contributed by atoms with van der Waals surface area (Å²) in [4.78, 5) is 24.9. The number of thioether (sulfide) groups is 1. The monoisotopic (exact) mass is 294 g/mol. The van der Waals surface area contributed by atoms with Gasteiger partial charge in [0.25, 0.3) is 5.69 Å². The fourth-order valence-electron chi connectivity index (χ4n) is 2.03. The molecular formula is C14H18N2O3S. The molecule has 2 rings (SSSR count). The fraction of sp³-hybridized carbons (Fsp3) is 0.500. The summed E-state index contributed by atoms with van der Waals surface area (Å²) in [6, 6.07) is 6.59. The van der Waals surface area contributed by atoms with Crippen molar-refractivity contribution in [3.8, 4) is 0 Å². The number of nitrogens with zero attached hydrogens (tertiary/aromatic N) is 2. The van der Waals surface area contributed by atoms with Crippen molar-refractivity contribution in [1.29, 1.82) is 0 Å². The molecule has 5 nitrogen and oxygen atoms in total. The van der Waals surface area contributed by atoms with Crippen molar-refractivity contribution in [2.75, 3.05) is 12.8 Å². The Morgan fingerprint density at radius 2 is 2.05 bits per heavy atom. The second-order valence-corrected chi connectivity index (χ2v) is 6.17. The van der Waals surface area contributed by atoms with Crippen LogP contribution >= 0.6 is 11.8 Å². The molecule has 0 aliphatic heterocycles. The van der Waals surface area contributed by atoms with E-state index in [1.807, 2.05) is 11.9 Å². The number of nitro groups is 1. The Morgan fingerprint density at radius 3 is 2.55 bits per heavy atom. The summed E-state index contributed by atoms with van der Waals surface area (Å²) in [6.45, 7) is 2.09. The fourth-order valence-corrected chi connectivity index (χ4v) is 2.86. The molecule has 1 aromatic rings. The second-order valence-electron chi connectivity index (χ2n) is 5.12. The van der Waals surface area contributed by atoms with E-state index in [0.717, 1.165) is 4.90 Å². The van der Waals surface area contributed by atoms with Gasteiger partial charge in [-0.25, -0.2) is 0 Å². The summed E-state index contributed by atoms with van der Waals surface area (Å²) in [7, 11) is 1.85. The lowest BCUT2D eigenvalue weighted by Crippen LogP contribution is -2.37. The summed E-state index contributed by atoms with van der Waals surface area (Å²) < 4.78 is 0. The van der Waals surface area contributed by atoms with Gasteiger partial charge in [0, 0.05) is 30.1 Å². The number of hydrogen-bond acceptors (Lipinski definition) is 4. The Morgan fingerprint density at radius 1 is 1.45 bits per heavy atom. The van der Waals surface area contributed by atoms with Gasteiger partial charge in [0.1, 0.15) is 0 Å². The number of amides is 1. The Bertz CT molecular complexity index is 500. The Kier molecular flexibility index (Phi) is 4.65. The van der Waals surface area contributed by atoms with E-state index in [1.165, 1.54) is 36.7 Å². The van der Waals surface area contributed by atoms with E-state index in [1.54, 1.807) is 12.1 Å². The molecule has 0 saturated heterocycles. The van der Waals surface area contributed by atoms with Crippen LogP contribution in [0, 0.1) is 16.0 Å². The number of hydrogen-bond donors (Lipinski definition) is 0. The van der Waals surface area contributed by atoms with Crippen molar-refractivity contribution in [2.45, 2.75) is 30.7 Å². The number of benzene rings is 1. The Balaban J connectivity index is 1.84. The molecule has 0 spiro atoms. The van der Waals surface area contributed by atoms with Crippen molar-refractivity contribution in [3.63, 3.8) is 0 Å². The highest BCUT2D eigenvalue weighted by molar-refractivity contribution is 8.00. The van der Waals surface area contributed by atoms with E-state index in [0.29, 0.717) is 17.7 Å². The lowest BCUT2D eigenvalue weighted by Gasteiger charge is -2.24. The minimum atomic E-state index is -0.426. The summed E-state index contributed by atoms with van der Waals surface area (Å²) in [5.74, 6) is 1.13. The maximum atomic E-state index is 12.1. The molecule has 0 N–H and O–H groups in total. The minimum absolute atomic E-state index is 0.0696. The molecular weight excluding hydrogens is 276 g/mol. The maximum absolute atomic E-state index is 12.1. The van der Waals surface area contributed by atoms with Gasteiger partial charge in [-0.05, 0) is 37.8 Å². The molecule has 0 aromatic heterocycles. The molecule has 0 radical (unpaired) electrons. The van der Waals surface area contributed by atoms with Crippen LogP contribution < -0.4 is 0 Å². The van der Waals surface area contributed by atoms with Crippen LogP contribution in [0.3, 0.4) is 0 Å². The molecule has 1 fully saturated rings. The summed E-state index contributed by atoms with van der Waals surface area (Å²) >= 11 is 1.41. The van der Waals surface area contributed by atoms with Gasteiger partial charge in [0.15, 0.2) is 0 Å². The van der Waals surface area contributed by atoms with Gasteiger partial charge in [0.05, 0.1) is 10.7 Å². The van der Waals surface area contributed by atoms with Gasteiger partial charge in [-0.3, -0.25) is 14.9 Å². The molecule has 6 heteroatoms. The van der Waals surface area contributed by atoms with Gasteiger partial charge in [-0.2, -0.15) is 0 Å². The zero-order valence-corrected chi connectivity index (χ0v) is 12.4. The predicted molar refractivity (Wildman–Crippen MR) is 78.8 cm³/mol. The van der Waals surface area contributed by atoms with Crippen LogP contribution in [0.4, 0.5) is 5.69 Å². The standard InChI is InChI=1S/C14H18N2O3S/c1-10(11-3-4-11)15(2)14(17)9-20-13-7-5-12(6-8-13)16(18)19/h5-8,10-11H,3-4,9H2,1-2H3. The van der Waals surface area contributed by atoms with Crippen molar-refractivity contribution in [1.82, 2.24) is 4.90 Å². The molecule has 1 aliphatic carbocycles. The quantitative estimate of drug-likeness (QED) is 0.460. The van der Waals surface area contributed by atoms with E-state index in [-0.39, 0.29) is 11.6 Å². The first-order valence-corrected chi connectivity index (χ1v) is 7.60. The van der Waals surface area contributed by atoms with E-state index < -0.39 is 4.92 Å². The van der Waals surface area contributed by atoms with Crippen molar-refractivity contribution < 1.29 is 9.72 Å². The lowest BCUT2D eigenvalue weighted by molar-refractivity contribution is -0.384. The normalized spacial score (nSPS) is 15.7. The smallest absolute Gasteiger partial charge is 0.269 e. The van der Waals surface area contributed by atoms with Gasteiger partial charge in [0.2, 0.25) is 5.91 Å². The largest absolute Gasteiger partial charge is 0.342 e. The molecule has 1 aromatic carbocycles. The number of carbonyl (C=O) groups excluding carboxylic acids is 1. The highest BCUT2D eigenvalue weighted by Gasteiger charge is 2.32. The van der Waals surface area contributed by atoms with Crippen molar-refractivity contribution in [2.24, 2.45) is 5.92 Å². The van der Waals surface area contributed by atoms with E-state index in [9.17, 15) is 14.9 Å². The molecule has 1 saturated carbocycles. The molecule has 20 heavy (non-hydrogen) atoms. The van der Waals surface area contributed by atoms with E-state index in [2.05, 4.69) is 6.92 Å². The molecule has 1 aliphatic rings. The average Bonchev–Trinajstić information content (AvgIpc) is 3.28. The molecule has 108 valence electrons. The highest BCUT2D eigenvalue weighted by Crippen LogP contribution is 2.35. The first-order chi connectivity index (χ1) is 9.49. The summed E-state index contributed by atoms with van der Waals surface area (Å²) in [6.07, 6.45) is 2.43. The molecule has 1 unspecified atom stereocenters. The van der Waals surface area contributed by atoms with Crippen LogP contribution in [0.25, 0.3) is 0 Å². The van der Waals surface area contributed by atoms with Crippen molar-refractivity contribution >= 4 is 23.4 Å². The molecule has 0 bridgehead atoms. The topological polar surface area (TPSA) is 63.5 Å². The molecule has 0 heterocycles. The number of non-ortho nitro benzene ring substituents is 1. The lowest BCUT2D eigenvalue weighted by atomic mass is 10.2. The third kappa shape index (κ3) is 3.72. The average molecular weight is 294 g/mol. The number of rotatable bonds is 6. The van der Waals surface area contributed by atoms with Crippen LogP contribution in [-0.2, 0) is 4.79 Å². The zero-order valence-electron chi connectivity index (χ0n) is 11.6. The number of nitro benzene ring substituents is 1. The van der Waals surface area contributed by atoms with Crippen LogP contribution in [0.1, 0.15) is 19.8 Å². The maximum Gasteiger partial charge on any atom is 0.269 e. The Labute approximate surface area is 122 Å². The van der Waals surface area contributed by atoms with Gasteiger partial charge < -0.3 is 4.90 Å². The first kappa shape index (κ1) is 14.8. The van der Waals surface area contributed by atoms with E-state index in [4.69, 9.17) is 0 Å². The summed E-state index contributed by atoms with van der Waals surface area (Å²) in [5, 5.41) is 10.6. The summed E-state index contributed by atoms with van der Waals surface area (Å²) in [5.41, 5.74) is 0.0696. The first-order valence-electron chi connectivity index (χ1n) is 6.62. The van der Waals surface area contributed by atoms with Gasteiger partial charge in [-0.1, -0.05) is 0 Å². The minimum Gasteiger partial charge on any atom is -0.342 e.